The number of piperidine rings is 1. The Morgan fingerprint density at radius 1 is 1.24 bits per heavy atom. The van der Waals surface area contributed by atoms with Gasteiger partial charge in [-0.1, -0.05) is 6.92 Å². The number of hydrogen-bond donors (Lipinski definition) is 2. The molecule has 2 rings (SSSR count). The molecule has 21 heavy (non-hydrogen) atoms. The minimum atomic E-state index is -0.0320. The molecule has 2 atom stereocenters. The highest BCUT2D eigenvalue weighted by Gasteiger charge is 2.38. The number of hydrogen-bond acceptors (Lipinski definition) is 4. The highest BCUT2D eigenvalue weighted by molar-refractivity contribution is 4.97. The Morgan fingerprint density at radius 3 is 2.62 bits per heavy atom. The van der Waals surface area contributed by atoms with Gasteiger partial charge in [-0.05, 0) is 58.4 Å². The predicted octanol–water partition coefficient (Wildman–Crippen LogP) is 2.16. The summed E-state index contributed by atoms with van der Waals surface area (Å²) in [5, 5.41) is 13.5. The topological polar surface area (TPSA) is 44.7 Å². The van der Waals surface area contributed by atoms with Crippen LogP contribution in [0.25, 0.3) is 0 Å². The predicted molar refractivity (Wildman–Crippen MR) is 86.6 cm³/mol. The van der Waals surface area contributed by atoms with Gasteiger partial charge in [0, 0.05) is 31.3 Å². The van der Waals surface area contributed by atoms with E-state index in [-0.39, 0.29) is 12.1 Å². The van der Waals surface area contributed by atoms with E-state index in [1.165, 1.54) is 25.7 Å². The zero-order valence-corrected chi connectivity index (χ0v) is 13.9. The molecule has 0 bridgehead atoms. The van der Waals surface area contributed by atoms with Crippen LogP contribution in [0.4, 0.5) is 0 Å². The number of aliphatic hydroxyl groups excluding tert-OH is 1. The molecular weight excluding hydrogens is 264 g/mol. The van der Waals surface area contributed by atoms with Crippen molar-refractivity contribution in [1.82, 2.24) is 10.2 Å². The zero-order valence-electron chi connectivity index (χ0n) is 13.9. The fourth-order valence-electron chi connectivity index (χ4n) is 4.04. The first-order valence-electron chi connectivity index (χ1n) is 8.94. The van der Waals surface area contributed by atoms with Gasteiger partial charge >= 0.3 is 0 Å². The smallest absolute Gasteiger partial charge is 0.0613 e. The molecule has 124 valence electrons. The van der Waals surface area contributed by atoms with Crippen LogP contribution in [0, 0.1) is 0 Å². The third kappa shape index (κ3) is 4.65. The number of nitrogens with zero attached hydrogens (tertiary/aromatic N) is 1. The molecule has 0 spiro atoms. The van der Waals surface area contributed by atoms with Crippen LogP contribution >= 0.6 is 0 Å². The normalized spacial score (nSPS) is 32.4. The summed E-state index contributed by atoms with van der Waals surface area (Å²) in [6.45, 7) is 8.72. The molecule has 0 radical (unpaired) electrons. The van der Waals surface area contributed by atoms with E-state index < -0.39 is 0 Å². The number of ether oxygens (including phenoxy) is 1. The van der Waals surface area contributed by atoms with Gasteiger partial charge in [0.05, 0.1) is 12.7 Å². The van der Waals surface area contributed by atoms with Gasteiger partial charge in [-0.25, -0.2) is 0 Å². The molecule has 0 aromatic rings. The second kappa shape index (κ2) is 8.47. The van der Waals surface area contributed by atoms with E-state index in [0.29, 0.717) is 12.1 Å². The van der Waals surface area contributed by atoms with Gasteiger partial charge in [0.15, 0.2) is 0 Å². The van der Waals surface area contributed by atoms with Gasteiger partial charge in [-0.3, -0.25) is 0 Å². The number of aliphatic hydroxyl groups is 1. The summed E-state index contributed by atoms with van der Waals surface area (Å²) in [6, 6.07) is 0.637. The SMILES string of the molecule is CCCNC1(CO)CCCC(N2CCC(OCC)CC2)C1. The van der Waals surface area contributed by atoms with Crippen LogP contribution in [0.15, 0.2) is 0 Å². The quantitative estimate of drug-likeness (QED) is 0.756. The maximum absolute atomic E-state index is 9.90. The van der Waals surface area contributed by atoms with Gasteiger partial charge < -0.3 is 20.1 Å². The van der Waals surface area contributed by atoms with E-state index >= 15 is 0 Å². The van der Waals surface area contributed by atoms with E-state index in [1.807, 2.05) is 0 Å². The molecule has 1 saturated carbocycles. The summed E-state index contributed by atoms with van der Waals surface area (Å²) in [4.78, 5) is 2.65. The van der Waals surface area contributed by atoms with E-state index in [4.69, 9.17) is 4.74 Å². The van der Waals surface area contributed by atoms with Crippen molar-refractivity contribution in [3.8, 4) is 0 Å². The lowest BCUT2D eigenvalue weighted by Gasteiger charge is -2.46. The molecule has 2 N–H and O–H groups in total. The third-order valence-electron chi connectivity index (χ3n) is 5.27. The van der Waals surface area contributed by atoms with E-state index in [0.717, 1.165) is 45.5 Å². The summed E-state index contributed by atoms with van der Waals surface area (Å²) in [5.41, 5.74) is -0.0320. The Morgan fingerprint density at radius 2 is 2.00 bits per heavy atom. The molecular formula is C17H34N2O2. The summed E-state index contributed by atoms with van der Waals surface area (Å²) >= 11 is 0. The minimum Gasteiger partial charge on any atom is -0.394 e. The molecule has 1 saturated heterocycles. The monoisotopic (exact) mass is 298 g/mol. The van der Waals surface area contributed by atoms with Crippen molar-refractivity contribution in [2.45, 2.75) is 76.5 Å². The van der Waals surface area contributed by atoms with Crippen molar-refractivity contribution >= 4 is 0 Å². The van der Waals surface area contributed by atoms with Crippen LogP contribution in [0.2, 0.25) is 0 Å². The molecule has 1 aliphatic heterocycles. The molecule has 1 aliphatic carbocycles. The number of nitrogens with one attached hydrogen (secondary N) is 1. The van der Waals surface area contributed by atoms with Gasteiger partial charge in [0.25, 0.3) is 0 Å². The average Bonchev–Trinajstić information content (AvgIpc) is 2.54. The molecule has 0 amide bonds. The summed E-state index contributed by atoms with van der Waals surface area (Å²) in [7, 11) is 0. The lowest BCUT2D eigenvalue weighted by molar-refractivity contribution is -0.0117. The van der Waals surface area contributed by atoms with E-state index in [9.17, 15) is 5.11 Å². The van der Waals surface area contributed by atoms with Crippen LogP contribution in [0.3, 0.4) is 0 Å². The van der Waals surface area contributed by atoms with Crippen molar-refractivity contribution in [3.05, 3.63) is 0 Å². The highest BCUT2D eigenvalue weighted by Crippen LogP contribution is 2.32. The van der Waals surface area contributed by atoms with Crippen molar-refractivity contribution in [1.29, 1.82) is 0 Å². The highest BCUT2D eigenvalue weighted by atomic mass is 16.5. The van der Waals surface area contributed by atoms with Gasteiger partial charge in [-0.2, -0.15) is 0 Å². The Labute approximate surface area is 130 Å². The Bertz CT molecular complexity index is 293. The van der Waals surface area contributed by atoms with Crippen molar-refractivity contribution in [2.75, 3.05) is 32.8 Å². The standard InChI is InChI=1S/C17H34N2O2/c1-3-10-18-17(14-20)9-5-6-15(13-17)19-11-7-16(8-12-19)21-4-2/h15-16,18,20H,3-14H2,1-2H3. The van der Waals surface area contributed by atoms with Crippen molar-refractivity contribution in [3.63, 3.8) is 0 Å². The Balaban J connectivity index is 1.86. The van der Waals surface area contributed by atoms with Gasteiger partial charge in [-0.15, -0.1) is 0 Å². The maximum Gasteiger partial charge on any atom is 0.0613 e. The van der Waals surface area contributed by atoms with E-state index in [1.54, 1.807) is 0 Å². The Hall–Kier alpha value is -0.160. The number of likely N-dealkylation sites (tertiary alicyclic amines) is 1. The van der Waals surface area contributed by atoms with E-state index in [2.05, 4.69) is 24.1 Å². The first kappa shape index (κ1) is 17.2. The van der Waals surface area contributed by atoms with Crippen LogP contribution in [0.1, 0.15) is 58.8 Å². The van der Waals surface area contributed by atoms with Crippen molar-refractivity contribution in [2.24, 2.45) is 0 Å². The van der Waals surface area contributed by atoms with Crippen LogP contribution in [-0.4, -0.2) is 60.5 Å². The lowest BCUT2D eigenvalue weighted by Crippen LogP contribution is -2.57. The average molecular weight is 298 g/mol. The number of rotatable bonds is 7. The molecule has 2 fully saturated rings. The fourth-order valence-corrected chi connectivity index (χ4v) is 4.04. The maximum atomic E-state index is 9.90. The largest absolute Gasteiger partial charge is 0.394 e. The summed E-state index contributed by atoms with van der Waals surface area (Å²) in [6.07, 6.45) is 8.67. The first-order valence-corrected chi connectivity index (χ1v) is 8.94. The van der Waals surface area contributed by atoms with Crippen LogP contribution in [-0.2, 0) is 4.74 Å². The molecule has 2 aliphatic rings. The molecule has 0 aromatic heterocycles. The zero-order chi connectivity index (χ0) is 15.1. The Kier molecular flexibility index (Phi) is 6.93. The molecule has 2 unspecified atom stereocenters. The molecule has 4 nitrogen and oxygen atoms in total. The lowest BCUT2D eigenvalue weighted by atomic mass is 9.78. The van der Waals surface area contributed by atoms with Crippen LogP contribution < -0.4 is 5.32 Å². The van der Waals surface area contributed by atoms with Crippen LogP contribution in [0.5, 0.6) is 0 Å². The summed E-state index contributed by atoms with van der Waals surface area (Å²) in [5.74, 6) is 0. The third-order valence-corrected chi connectivity index (χ3v) is 5.27. The first-order chi connectivity index (χ1) is 10.2. The second-order valence-corrected chi connectivity index (χ2v) is 6.81. The summed E-state index contributed by atoms with van der Waals surface area (Å²) < 4.78 is 5.75. The van der Waals surface area contributed by atoms with Gasteiger partial charge in [0.1, 0.15) is 0 Å². The molecule has 4 heteroatoms. The molecule has 0 aromatic carbocycles. The minimum absolute atomic E-state index is 0.0320. The second-order valence-electron chi connectivity index (χ2n) is 6.81. The van der Waals surface area contributed by atoms with Crippen molar-refractivity contribution < 1.29 is 9.84 Å². The fraction of sp³-hybridized carbons (Fsp3) is 1.00. The van der Waals surface area contributed by atoms with Gasteiger partial charge in [0.2, 0.25) is 0 Å². The molecule has 1 heterocycles.